The average molecular weight is 1240 g/mol. The van der Waals surface area contributed by atoms with Gasteiger partial charge in [-0.2, -0.15) is 0 Å². The molecule has 7 heterocycles. The van der Waals surface area contributed by atoms with Crippen LogP contribution in [0.4, 0.5) is 0 Å². The van der Waals surface area contributed by atoms with Gasteiger partial charge in [-0.1, -0.05) is 54.6 Å². The number of benzene rings is 6. The lowest BCUT2D eigenvalue weighted by atomic mass is 10.0. The standard InChI is InChI=1S/C25H22N4O4.C23H23N3O5.C21H19N3O4/c30-22-8-7-21(24(32)28-22)29-14-18-11-16(3-5-19(18)25(29)33)13-27-23(31)12-15-4-6-20-17(10-15)2-1-9-26-20;1-2-31-18-7-5-14(6-8-18)21(28)25-22(29)15-3-4-16-12-26(13-17(16)11-15)19-9-10-20(27)24-23(19)30;25-18-9-8-17(21(28)22-18)24-11-15-7-6-14(10-16(15)12-24)20(27)23-19(26)13-4-2-1-3-5-13/h1-6,9-11,21H,7-8,12-14H2,(H,27,31)(H,28,30,32);3-8,11,19H,2,9-10,12-13H2,1H3,(H,24,27,30)(H,25,28,29);1-7,10,17H,8-9,11-12H2,(H,22,25,28)(H,23,26,27). The second-order valence-corrected chi connectivity index (χ2v) is 23.0. The van der Waals surface area contributed by atoms with Crippen LogP contribution in [0, 0.1) is 0 Å². The molecule has 23 nitrogen and oxygen atoms in total. The zero-order chi connectivity index (χ0) is 64.6. The predicted octanol–water partition coefficient (Wildman–Crippen LogP) is 5.01. The SMILES string of the molecule is CCOc1ccc(C(=O)NC(=O)c2ccc3c(c2)CN(C2CCC(=O)NC2=O)C3)cc1.O=C(Cc1ccc2ncccc2c1)NCc1ccc2c(c1)CN(C1CCC(=O)NC1=O)C2=O.O=C1CCC(N2Cc3ccc(C(=O)NC(=O)c4ccccc4)cc3C2)C(=O)N1. The fourth-order valence-electron chi connectivity index (χ4n) is 12.0. The van der Waals surface area contributed by atoms with Crippen LogP contribution in [-0.4, -0.2) is 115 Å². The van der Waals surface area contributed by atoms with Crippen molar-refractivity contribution in [2.24, 2.45) is 0 Å². The number of imide groups is 5. The highest BCUT2D eigenvalue weighted by Crippen LogP contribution is 2.32. The van der Waals surface area contributed by atoms with Gasteiger partial charge < -0.3 is 15.0 Å². The Labute approximate surface area is 527 Å². The van der Waals surface area contributed by atoms with E-state index in [1.165, 1.54) is 4.90 Å². The third-order valence-corrected chi connectivity index (χ3v) is 16.8. The van der Waals surface area contributed by atoms with Gasteiger partial charge in [-0.3, -0.25) is 98.9 Å². The maximum absolute atomic E-state index is 12.8. The Bertz CT molecular complexity index is 4160. The number of aromatic nitrogens is 1. The first-order valence-electron chi connectivity index (χ1n) is 30.2. The molecule has 6 aliphatic heterocycles. The summed E-state index contributed by atoms with van der Waals surface area (Å²) < 4.78 is 5.35. The van der Waals surface area contributed by atoms with Gasteiger partial charge in [0.15, 0.2) is 0 Å². The molecule has 3 fully saturated rings. The Morgan fingerprint density at radius 3 is 1.57 bits per heavy atom. The lowest BCUT2D eigenvalue weighted by Gasteiger charge is -2.29. The summed E-state index contributed by atoms with van der Waals surface area (Å²) in [6.07, 6.45) is 4.20. The first-order valence-corrected chi connectivity index (χ1v) is 30.2. The van der Waals surface area contributed by atoms with Gasteiger partial charge in [0.1, 0.15) is 11.8 Å². The molecule has 468 valence electrons. The molecule has 12 amide bonds. The van der Waals surface area contributed by atoms with Gasteiger partial charge in [0.25, 0.3) is 29.5 Å². The average Bonchev–Trinajstić information content (AvgIpc) is 1.71. The summed E-state index contributed by atoms with van der Waals surface area (Å²) in [6, 6.07) is 39.4. The molecule has 13 rings (SSSR count). The molecule has 6 N–H and O–H groups in total. The van der Waals surface area contributed by atoms with Gasteiger partial charge in [-0.15, -0.1) is 0 Å². The fraction of sp³-hybridized carbons (Fsp3) is 0.261. The number of amides is 12. The number of ether oxygens (including phenoxy) is 1. The number of piperidine rings is 3. The molecule has 0 spiro atoms. The second-order valence-electron chi connectivity index (χ2n) is 23.0. The molecule has 0 radical (unpaired) electrons. The molecule has 3 saturated heterocycles. The molecule has 92 heavy (non-hydrogen) atoms. The van der Waals surface area contributed by atoms with Gasteiger partial charge in [0, 0.05) is 97.9 Å². The molecule has 0 bridgehead atoms. The van der Waals surface area contributed by atoms with E-state index in [9.17, 15) is 57.5 Å². The highest BCUT2D eigenvalue weighted by atomic mass is 16.5. The van der Waals surface area contributed by atoms with Crippen molar-refractivity contribution in [1.82, 2.24) is 51.6 Å². The van der Waals surface area contributed by atoms with Crippen LogP contribution in [0.5, 0.6) is 5.75 Å². The number of pyridine rings is 1. The number of rotatable bonds is 13. The van der Waals surface area contributed by atoms with Crippen molar-refractivity contribution < 1.29 is 62.3 Å². The molecule has 6 aromatic carbocycles. The summed E-state index contributed by atoms with van der Waals surface area (Å²) in [6.45, 7) is 5.26. The third kappa shape index (κ3) is 14.7. The number of nitrogens with zero attached hydrogens (tertiary/aromatic N) is 4. The fourth-order valence-corrected chi connectivity index (χ4v) is 12.0. The topological polar surface area (TPSA) is 309 Å². The minimum absolute atomic E-state index is 0.0972. The molecule has 3 atom stereocenters. The Morgan fingerprint density at radius 2 is 1.01 bits per heavy atom. The Morgan fingerprint density at radius 1 is 0.500 bits per heavy atom. The van der Waals surface area contributed by atoms with Crippen LogP contribution in [0.25, 0.3) is 10.9 Å². The molecule has 7 aromatic rings. The summed E-state index contributed by atoms with van der Waals surface area (Å²) in [5, 5.41) is 15.8. The normalized spacial score (nSPS) is 18.3. The summed E-state index contributed by atoms with van der Waals surface area (Å²) in [7, 11) is 0. The maximum Gasteiger partial charge on any atom is 0.258 e. The quantitative estimate of drug-likeness (QED) is 0.0827. The number of nitrogens with one attached hydrogen (secondary N) is 6. The third-order valence-electron chi connectivity index (χ3n) is 16.8. The van der Waals surface area contributed by atoms with E-state index in [0.717, 1.165) is 49.8 Å². The number of carbonyl (C=O) groups excluding carboxylic acids is 12. The molecule has 0 saturated carbocycles. The van der Waals surface area contributed by atoms with Crippen LogP contribution < -0.4 is 36.6 Å². The number of hydrogen-bond donors (Lipinski definition) is 6. The highest BCUT2D eigenvalue weighted by molar-refractivity contribution is 6.11. The Balaban J connectivity index is 0.000000142. The van der Waals surface area contributed by atoms with Crippen molar-refractivity contribution in [3.8, 4) is 5.75 Å². The van der Waals surface area contributed by atoms with Crippen LogP contribution in [0.3, 0.4) is 0 Å². The smallest absolute Gasteiger partial charge is 0.258 e. The van der Waals surface area contributed by atoms with Gasteiger partial charge in [0.2, 0.25) is 41.4 Å². The summed E-state index contributed by atoms with van der Waals surface area (Å²) in [4.78, 5) is 155. The zero-order valence-corrected chi connectivity index (χ0v) is 50.1. The van der Waals surface area contributed by atoms with E-state index in [-0.39, 0.29) is 66.3 Å². The molecular weight excluding hydrogens is 1180 g/mol. The van der Waals surface area contributed by atoms with E-state index in [0.29, 0.717) is 112 Å². The van der Waals surface area contributed by atoms with Crippen LogP contribution in [0.1, 0.15) is 136 Å². The predicted molar refractivity (Wildman–Crippen MR) is 331 cm³/mol. The monoisotopic (exact) mass is 1240 g/mol. The summed E-state index contributed by atoms with van der Waals surface area (Å²) in [5.41, 5.74) is 9.55. The van der Waals surface area contributed by atoms with Crippen molar-refractivity contribution in [3.05, 3.63) is 212 Å². The number of carbonyl (C=O) groups is 12. The number of hydrogen-bond acceptors (Lipinski definition) is 16. The van der Waals surface area contributed by atoms with Crippen molar-refractivity contribution in [3.63, 3.8) is 0 Å². The molecule has 1 aromatic heterocycles. The zero-order valence-electron chi connectivity index (χ0n) is 50.1. The van der Waals surface area contributed by atoms with Crippen molar-refractivity contribution in [1.29, 1.82) is 0 Å². The minimum atomic E-state index is -0.636. The van der Waals surface area contributed by atoms with Crippen molar-refractivity contribution in [2.75, 3.05) is 6.61 Å². The largest absolute Gasteiger partial charge is 0.494 e. The van der Waals surface area contributed by atoms with Crippen LogP contribution in [0.15, 0.2) is 146 Å². The molecule has 3 unspecified atom stereocenters. The number of fused-ring (bicyclic) bond motifs is 4. The van der Waals surface area contributed by atoms with Crippen LogP contribution >= 0.6 is 0 Å². The molecule has 0 aliphatic carbocycles. The van der Waals surface area contributed by atoms with E-state index in [1.807, 2.05) is 71.3 Å². The second kappa shape index (κ2) is 27.9. The molecule has 23 heteroatoms. The van der Waals surface area contributed by atoms with Crippen molar-refractivity contribution >= 4 is 81.8 Å². The maximum atomic E-state index is 12.8. The highest BCUT2D eigenvalue weighted by Gasteiger charge is 2.40. The van der Waals surface area contributed by atoms with E-state index in [2.05, 4.69) is 36.9 Å². The minimum Gasteiger partial charge on any atom is -0.494 e. The first kappa shape index (κ1) is 62.7. The van der Waals surface area contributed by atoms with E-state index >= 15 is 0 Å². The lowest BCUT2D eigenvalue weighted by molar-refractivity contribution is -0.139. The Hall–Kier alpha value is -10.9. The van der Waals surface area contributed by atoms with E-state index in [1.54, 1.807) is 91.1 Å². The van der Waals surface area contributed by atoms with E-state index < -0.39 is 35.6 Å². The van der Waals surface area contributed by atoms with Gasteiger partial charge in [-0.05, 0) is 150 Å². The van der Waals surface area contributed by atoms with Gasteiger partial charge in [0.05, 0.1) is 30.6 Å². The van der Waals surface area contributed by atoms with Crippen molar-refractivity contribution in [2.45, 2.75) is 109 Å². The Kier molecular flexibility index (Phi) is 19.0. The first-order chi connectivity index (χ1) is 44.4. The molecular formula is C69H64N10O13. The van der Waals surface area contributed by atoms with E-state index in [4.69, 9.17) is 4.74 Å². The summed E-state index contributed by atoms with van der Waals surface area (Å²) >= 11 is 0. The van der Waals surface area contributed by atoms with Crippen LogP contribution in [-0.2, 0) is 79.3 Å². The van der Waals surface area contributed by atoms with Gasteiger partial charge >= 0.3 is 0 Å². The van der Waals surface area contributed by atoms with Crippen LogP contribution in [0.2, 0.25) is 0 Å². The lowest BCUT2D eigenvalue weighted by Crippen LogP contribution is -2.52. The van der Waals surface area contributed by atoms with Gasteiger partial charge in [-0.25, -0.2) is 0 Å². The molecule has 6 aliphatic rings. The summed E-state index contributed by atoms with van der Waals surface area (Å²) in [5.74, 6) is -3.28.